The van der Waals surface area contributed by atoms with Crippen LogP contribution in [0.25, 0.3) is 0 Å². The zero-order valence-corrected chi connectivity index (χ0v) is 10.1. The largest absolute Gasteiger partial charge is 0.468 e. The van der Waals surface area contributed by atoms with Crippen molar-refractivity contribution in [2.45, 2.75) is 29.7 Å². The summed E-state index contributed by atoms with van der Waals surface area (Å²) < 4.78 is 5.24. The van der Waals surface area contributed by atoms with Crippen molar-refractivity contribution >= 4 is 11.8 Å². The van der Waals surface area contributed by atoms with Gasteiger partial charge in [0.05, 0.1) is 16.9 Å². The highest BCUT2D eigenvalue weighted by molar-refractivity contribution is 7.99. The molecule has 2 rings (SSSR count). The monoisotopic (exact) mass is 234 g/mol. The van der Waals surface area contributed by atoms with E-state index in [-0.39, 0.29) is 6.04 Å². The van der Waals surface area contributed by atoms with Gasteiger partial charge in [-0.05, 0) is 32.0 Å². The Bertz CT molecular complexity index is 462. The van der Waals surface area contributed by atoms with Crippen LogP contribution in [0, 0.1) is 6.92 Å². The predicted molar refractivity (Wildman–Crippen MR) is 64.4 cm³/mol. The van der Waals surface area contributed by atoms with Gasteiger partial charge in [-0.25, -0.2) is 0 Å². The fourth-order valence-corrected chi connectivity index (χ4v) is 2.14. The molecule has 16 heavy (non-hydrogen) atoms. The summed E-state index contributed by atoms with van der Waals surface area (Å²) in [6.45, 7) is 3.88. The van der Waals surface area contributed by atoms with Crippen LogP contribution in [0.4, 0.5) is 0 Å². The zero-order valence-electron chi connectivity index (χ0n) is 9.31. The van der Waals surface area contributed by atoms with Crippen molar-refractivity contribution in [1.29, 1.82) is 0 Å². The first-order valence-corrected chi connectivity index (χ1v) is 5.92. The van der Waals surface area contributed by atoms with Gasteiger partial charge in [-0.3, -0.25) is 4.98 Å². The van der Waals surface area contributed by atoms with Gasteiger partial charge in [-0.2, -0.15) is 0 Å². The van der Waals surface area contributed by atoms with E-state index < -0.39 is 0 Å². The number of aromatic nitrogens is 1. The maximum atomic E-state index is 5.74. The van der Waals surface area contributed by atoms with Crippen molar-refractivity contribution in [2.75, 3.05) is 0 Å². The van der Waals surface area contributed by atoms with Crippen LogP contribution in [-0.2, 0) is 0 Å². The lowest BCUT2D eigenvalue weighted by Crippen LogP contribution is -2.06. The van der Waals surface area contributed by atoms with Crippen LogP contribution in [0.5, 0.6) is 0 Å². The molecule has 0 aliphatic heterocycles. The van der Waals surface area contributed by atoms with E-state index in [9.17, 15) is 0 Å². The van der Waals surface area contributed by atoms with Gasteiger partial charge in [0.1, 0.15) is 5.76 Å². The second kappa shape index (κ2) is 4.72. The number of furan rings is 1. The highest BCUT2D eigenvalue weighted by Crippen LogP contribution is 2.30. The number of nitrogens with two attached hydrogens (primary N) is 1. The molecule has 0 saturated carbocycles. The van der Waals surface area contributed by atoms with Gasteiger partial charge in [0.25, 0.3) is 0 Å². The summed E-state index contributed by atoms with van der Waals surface area (Å²) in [5.74, 6) is 0.932. The third-order valence-electron chi connectivity index (χ3n) is 2.26. The lowest BCUT2D eigenvalue weighted by molar-refractivity contribution is 0.527. The van der Waals surface area contributed by atoms with Gasteiger partial charge in [0, 0.05) is 17.1 Å². The van der Waals surface area contributed by atoms with E-state index >= 15 is 0 Å². The van der Waals surface area contributed by atoms with Gasteiger partial charge in [-0.1, -0.05) is 11.8 Å². The summed E-state index contributed by atoms with van der Waals surface area (Å²) in [5.41, 5.74) is 6.65. The number of aryl methyl sites for hydroxylation is 1. The lowest BCUT2D eigenvalue weighted by Gasteiger charge is -2.05. The Morgan fingerprint density at radius 3 is 2.69 bits per heavy atom. The molecule has 0 aliphatic carbocycles. The molecule has 0 saturated heterocycles. The predicted octanol–water partition coefficient (Wildman–Crippen LogP) is 3.15. The molecule has 0 aliphatic rings. The third-order valence-corrected chi connectivity index (χ3v) is 3.39. The van der Waals surface area contributed by atoms with E-state index in [2.05, 4.69) is 4.98 Å². The maximum Gasteiger partial charge on any atom is 0.114 e. The lowest BCUT2D eigenvalue weighted by atomic mass is 10.2. The van der Waals surface area contributed by atoms with Crippen LogP contribution in [0.3, 0.4) is 0 Å². The Kier molecular flexibility index (Phi) is 3.31. The highest BCUT2D eigenvalue weighted by Gasteiger charge is 2.05. The van der Waals surface area contributed by atoms with Crippen molar-refractivity contribution in [1.82, 2.24) is 4.98 Å². The van der Waals surface area contributed by atoms with Crippen LogP contribution in [0.1, 0.15) is 24.4 Å². The Labute approximate surface area is 99.1 Å². The minimum absolute atomic E-state index is 0.0188. The van der Waals surface area contributed by atoms with E-state index in [1.165, 1.54) is 0 Å². The van der Waals surface area contributed by atoms with Crippen LogP contribution >= 0.6 is 11.8 Å². The zero-order chi connectivity index (χ0) is 11.5. The molecule has 0 fully saturated rings. The van der Waals surface area contributed by atoms with E-state index in [1.807, 2.05) is 38.2 Å². The number of pyridine rings is 1. The second-order valence-corrected chi connectivity index (χ2v) is 4.77. The Hall–Kier alpha value is -1.26. The Balaban J connectivity index is 2.14. The molecule has 2 aromatic heterocycles. The fourth-order valence-electron chi connectivity index (χ4n) is 1.33. The second-order valence-electron chi connectivity index (χ2n) is 3.65. The van der Waals surface area contributed by atoms with Crippen LogP contribution in [0.2, 0.25) is 0 Å². The molecule has 0 radical (unpaired) electrons. The fraction of sp³-hybridized carbons (Fsp3) is 0.250. The standard InChI is InChI=1S/C12H14N2OS/c1-8(13)11-4-3-10(7-14-11)16-12-5-6-15-9(12)2/h3-8H,13H2,1-2H3. The smallest absolute Gasteiger partial charge is 0.114 e. The number of nitrogens with zero attached hydrogens (tertiary/aromatic N) is 1. The molecule has 84 valence electrons. The van der Waals surface area contributed by atoms with Gasteiger partial charge in [0.15, 0.2) is 0 Å². The molecule has 3 nitrogen and oxygen atoms in total. The molecule has 2 aromatic rings. The van der Waals surface area contributed by atoms with Crippen LogP contribution in [-0.4, -0.2) is 4.98 Å². The summed E-state index contributed by atoms with van der Waals surface area (Å²) in [7, 11) is 0. The minimum Gasteiger partial charge on any atom is -0.468 e. The maximum absolute atomic E-state index is 5.74. The number of rotatable bonds is 3. The van der Waals surface area contributed by atoms with Crippen molar-refractivity contribution in [3.05, 3.63) is 42.1 Å². The van der Waals surface area contributed by atoms with E-state index in [4.69, 9.17) is 10.2 Å². The van der Waals surface area contributed by atoms with E-state index in [0.29, 0.717) is 0 Å². The molecule has 0 spiro atoms. The van der Waals surface area contributed by atoms with Crippen molar-refractivity contribution < 1.29 is 4.42 Å². The first kappa shape index (κ1) is 11.2. The Morgan fingerprint density at radius 1 is 1.38 bits per heavy atom. The average molecular weight is 234 g/mol. The molecule has 0 bridgehead atoms. The molecule has 2 heterocycles. The third kappa shape index (κ3) is 2.46. The molecular formula is C12H14N2OS. The van der Waals surface area contributed by atoms with Crippen molar-refractivity contribution in [3.63, 3.8) is 0 Å². The molecule has 4 heteroatoms. The SMILES string of the molecule is Cc1occc1Sc1ccc(C(C)N)nc1. The summed E-state index contributed by atoms with van der Waals surface area (Å²) in [6.07, 6.45) is 3.54. The summed E-state index contributed by atoms with van der Waals surface area (Å²) >= 11 is 1.64. The first-order valence-electron chi connectivity index (χ1n) is 5.10. The topological polar surface area (TPSA) is 52.0 Å². The first-order chi connectivity index (χ1) is 7.66. The number of hydrogen-bond donors (Lipinski definition) is 1. The van der Waals surface area contributed by atoms with E-state index in [0.717, 1.165) is 21.2 Å². The molecular weight excluding hydrogens is 220 g/mol. The van der Waals surface area contributed by atoms with Gasteiger partial charge >= 0.3 is 0 Å². The van der Waals surface area contributed by atoms with Crippen molar-refractivity contribution in [3.8, 4) is 0 Å². The van der Waals surface area contributed by atoms with Crippen LogP contribution in [0.15, 0.2) is 44.9 Å². The molecule has 0 aromatic carbocycles. The quantitative estimate of drug-likeness (QED) is 0.886. The average Bonchev–Trinajstić information content (AvgIpc) is 2.65. The summed E-state index contributed by atoms with van der Waals surface area (Å²) in [4.78, 5) is 6.52. The number of hydrogen-bond acceptors (Lipinski definition) is 4. The van der Waals surface area contributed by atoms with Gasteiger partial charge in [-0.15, -0.1) is 0 Å². The van der Waals surface area contributed by atoms with Crippen molar-refractivity contribution in [2.24, 2.45) is 5.73 Å². The van der Waals surface area contributed by atoms with Gasteiger partial charge in [0.2, 0.25) is 0 Å². The van der Waals surface area contributed by atoms with Crippen LogP contribution < -0.4 is 5.73 Å². The minimum atomic E-state index is -0.0188. The molecule has 2 N–H and O–H groups in total. The normalized spacial score (nSPS) is 12.7. The summed E-state index contributed by atoms with van der Waals surface area (Å²) in [6, 6.07) is 5.93. The highest BCUT2D eigenvalue weighted by atomic mass is 32.2. The summed E-state index contributed by atoms with van der Waals surface area (Å²) in [5, 5.41) is 0. The molecule has 1 unspecified atom stereocenters. The van der Waals surface area contributed by atoms with E-state index in [1.54, 1.807) is 18.0 Å². The molecule has 1 atom stereocenters. The van der Waals surface area contributed by atoms with Gasteiger partial charge < -0.3 is 10.2 Å². The molecule has 0 amide bonds. The Morgan fingerprint density at radius 2 is 2.19 bits per heavy atom.